The van der Waals surface area contributed by atoms with E-state index >= 15 is 0 Å². The second-order valence-corrected chi connectivity index (χ2v) is 5.56. The van der Waals surface area contributed by atoms with E-state index in [9.17, 15) is 13.2 Å². The van der Waals surface area contributed by atoms with Crippen molar-refractivity contribution in [3.05, 3.63) is 76.9 Å². The average Bonchev–Trinajstić information content (AvgIpc) is 2.94. The van der Waals surface area contributed by atoms with Crippen LogP contribution in [0.25, 0.3) is 0 Å². The second kappa shape index (κ2) is 7.30. The molecule has 134 valence electrons. The standard InChI is InChI=1S/C18H15F3N4O/c1-11-9-25(18(22)24-11)23-8-12-2-4-13(5-3-12)10-26-14-6-15(19)17(21)16(20)7-14/h2-9H,10H2,1H3,(H2,22,24). The molecule has 0 radical (unpaired) electrons. The van der Waals surface area contributed by atoms with Crippen LogP contribution in [0.3, 0.4) is 0 Å². The fourth-order valence-corrected chi connectivity index (χ4v) is 2.21. The van der Waals surface area contributed by atoms with Crippen molar-refractivity contribution in [3.8, 4) is 5.75 Å². The van der Waals surface area contributed by atoms with Crippen LogP contribution in [0.1, 0.15) is 16.8 Å². The summed E-state index contributed by atoms with van der Waals surface area (Å²) in [5.74, 6) is -3.89. The molecular weight excluding hydrogens is 345 g/mol. The Kier molecular flexibility index (Phi) is 4.92. The maximum atomic E-state index is 13.1. The van der Waals surface area contributed by atoms with E-state index in [0.29, 0.717) is 5.95 Å². The first-order chi connectivity index (χ1) is 12.4. The van der Waals surface area contributed by atoms with E-state index in [4.69, 9.17) is 10.5 Å². The Morgan fingerprint density at radius 2 is 1.81 bits per heavy atom. The highest BCUT2D eigenvalue weighted by molar-refractivity contribution is 5.79. The molecule has 0 aliphatic rings. The van der Waals surface area contributed by atoms with Crippen molar-refractivity contribution < 1.29 is 17.9 Å². The molecule has 3 aromatic rings. The Bertz CT molecular complexity index is 929. The Morgan fingerprint density at radius 1 is 1.15 bits per heavy atom. The van der Waals surface area contributed by atoms with Crippen molar-refractivity contribution in [1.29, 1.82) is 0 Å². The van der Waals surface area contributed by atoms with Gasteiger partial charge in [0, 0.05) is 12.1 Å². The number of benzene rings is 2. The second-order valence-electron chi connectivity index (χ2n) is 5.56. The van der Waals surface area contributed by atoms with Crippen LogP contribution >= 0.6 is 0 Å². The number of anilines is 1. The number of hydrogen-bond donors (Lipinski definition) is 1. The molecule has 0 amide bonds. The van der Waals surface area contributed by atoms with Crippen LogP contribution < -0.4 is 10.5 Å². The number of rotatable bonds is 5. The zero-order valence-corrected chi connectivity index (χ0v) is 13.8. The summed E-state index contributed by atoms with van der Waals surface area (Å²) in [4.78, 5) is 4.04. The molecule has 0 bridgehead atoms. The number of nitrogens with zero attached hydrogens (tertiary/aromatic N) is 3. The number of nitrogen functional groups attached to an aromatic ring is 1. The average molecular weight is 360 g/mol. The fraction of sp³-hybridized carbons (Fsp3) is 0.111. The molecule has 2 N–H and O–H groups in total. The minimum Gasteiger partial charge on any atom is -0.489 e. The number of nitrogens with two attached hydrogens (primary N) is 1. The molecule has 1 aromatic heterocycles. The summed E-state index contributed by atoms with van der Waals surface area (Å²) in [5, 5.41) is 4.20. The van der Waals surface area contributed by atoms with Gasteiger partial charge >= 0.3 is 0 Å². The number of imidazole rings is 1. The normalized spacial score (nSPS) is 11.2. The molecule has 0 atom stereocenters. The summed E-state index contributed by atoms with van der Waals surface area (Å²) in [5.41, 5.74) is 8.05. The summed E-state index contributed by atoms with van der Waals surface area (Å²) in [7, 11) is 0. The molecule has 0 saturated carbocycles. The lowest BCUT2D eigenvalue weighted by molar-refractivity contribution is 0.299. The molecule has 3 rings (SSSR count). The third-order valence-corrected chi connectivity index (χ3v) is 3.51. The highest BCUT2D eigenvalue weighted by Crippen LogP contribution is 2.20. The molecule has 0 unspecified atom stereocenters. The number of hydrogen-bond acceptors (Lipinski definition) is 4. The van der Waals surface area contributed by atoms with Gasteiger partial charge in [-0.15, -0.1) is 0 Å². The monoisotopic (exact) mass is 360 g/mol. The predicted molar refractivity (Wildman–Crippen MR) is 91.5 cm³/mol. The minimum absolute atomic E-state index is 0.0790. The largest absolute Gasteiger partial charge is 0.489 e. The number of ether oxygens (including phenoxy) is 1. The van der Waals surface area contributed by atoms with Gasteiger partial charge in [-0.1, -0.05) is 24.3 Å². The van der Waals surface area contributed by atoms with E-state index < -0.39 is 17.5 Å². The van der Waals surface area contributed by atoms with Gasteiger partial charge < -0.3 is 10.5 Å². The Morgan fingerprint density at radius 3 is 2.38 bits per heavy atom. The molecule has 0 aliphatic heterocycles. The van der Waals surface area contributed by atoms with Crippen LogP contribution in [-0.2, 0) is 6.61 Å². The lowest BCUT2D eigenvalue weighted by atomic mass is 10.1. The van der Waals surface area contributed by atoms with Crippen LogP contribution in [0.15, 0.2) is 47.7 Å². The van der Waals surface area contributed by atoms with E-state index in [0.717, 1.165) is 29.0 Å². The quantitative estimate of drug-likeness (QED) is 0.558. The molecule has 0 spiro atoms. The summed E-state index contributed by atoms with van der Waals surface area (Å²) in [6.45, 7) is 1.89. The summed E-state index contributed by atoms with van der Waals surface area (Å²) in [6.07, 6.45) is 3.32. The molecule has 0 saturated heterocycles. The zero-order chi connectivity index (χ0) is 18.7. The summed E-state index contributed by atoms with van der Waals surface area (Å²) >= 11 is 0. The molecular formula is C18H15F3N4O. The first-order valence-corrected chi connectivity index (χ1v) is 7.64. The molecule has 5 nitrogen and oxygen atoms in total. The van der Waals surface area contributed by atoms with E-state index in [2.05, 4.69) is 10.1 Å². The minimum atomic E-state index is -1.52. The first-order valence-electron chi connectivity index (χ1n) is 7.64. The molecule has 0 fully saturated rings. The maximum absolute atomic E-state index is 13.1. The van der Waals surface area contributed by atoms with Crippen LogP contribution in [0.2, 0.25) is 0 Å². The lowest BCUT2D eigenvalue weighted by Gasteiger charge is -2.07. The third kappa shape index (κ3) is 4.02. The highest BCUT2D eigenvalue weighted by Gasteiger charge is 2.11. The van der Waals surface area contributed by atoms with Crippen LogP contribution in [0, 0.1) is 24.4 Å². The Balaban J connectivity index is 1.64. The van der Waals surface area contributed by atoms with Crippen molar-refractivity contribution in [2.75, 3.05) is 5.73 Å². The van der Waals surface area contributed by atoms with E-state index in [1.54, 1.807) is 36.7 Å². The van der Waals surface area contributed by atoms with Crippen LogP contribution in [-0.4, -0.2) is 15.9 Å². The summed E-state index contributed by atoms with van der Waals surface area (Å²) < 4.78 is 46.0. The van der Waals surface area contributed by atoms with Crippen molar-refractivity contribution in [1.82, 2.24) is 9.66 Å². The Labute approximate surface area is 147 Å². The van der Waals surface area contributed by atoms with E-state index in [-0.39, 0.29) is 12.4 Å². The summed E-state index contributed by atoms with van der Waals surface area (Å²) in [6, 6.07) is 8.76. The number of halogens is 3. The van der Waals surface area contributed by atoms with Gasteiger partial charge in [0.2, 0.25) is 5.95 Å². The van der Waals surface area contributed by atoms with Crippen LogP contribution in [0.5, 0.6) is 5.75 Å². The molecule has 1 heterocycles. The third-order valence-electron chi connectivity index (χ3n) is 3.51. The van der Waals surface area contributed by atoms with Gasteiger partial charge in [-0.05, 0) is 18.1 Å². The van der Waals surface area contributed by atoms with E-state index in [1.807, 2.05) is 6.92 Å². The van der Waals surface area contributed by atoms with E-state index in [1.165, 1.54) is 4.68 Å². The van der Waals surface area contributed by atoms with Gasteiger partial charge in [0.15, 0.2) is 17.5 Å². The molecule has 2 aromatic carbocycles. The topological polar surface area (TPSA) is 65.4 Å². The molecule has 8 heteroatoms. The predicted octanol–water partition coefficient (Wildman–Crippen LogP) is 3.65. The Hall–Kier alpha value is -3.29. The SMILES string of the molecule is Cc1cn(N=Cc2ccc(COc3cc(F)c(F)c(F)c3)cc2)c(N)n1. The van der Waals surface area contributed by atoms with Crippen molar-refractivity contribution >= 4 is 12.2 Å². The van der Waals surface area contributed by atoms with Gasteiger partial charge in [0.1, 0.15) is 12.4 Å². The van der Waals surface area contributed by atoms with Crippen molar-refractivity contribution in [2.24, 2.45) is 5.10 Å². The fourth-order valence-electron chi connectivity index (χ4n) is 2.21. The van der Waals surface area contributed by atoms with Crippen molar-refractivity contribution in [3.63, 3.8) is 0 Å². The van der Waals surface area contributed by atoms with Crippen molar-refractivity contribution in [2.45, 2.75) is 13.5 Å². The van der Waals surface area contributed by atoms with Gasteiger partial charge in [-0.25, -0.2) is 22.8 Å². The maximum Gasteiger partial charge on any atom is 0.221 e. The first kappa shape index (κ1) is 17.5. The van der Waals surface area contributed by atoms with Gasteiger partial charge in [-0.3, -0.25) is 0 Å². The number of aryl methyl sites for hydroxylation is 1. The van der Waals surface area contributed by atoms with Gasteiger partial charge in [-0.2, -0.15) is 5.10 Å². The zero-order valence-electron chi connectivity index (χ0n) is 13.8. The lowest BCUT2D eigenvalue weighted by Crippen LogP contribution is -1.99. The van der Waals surface area contributed by atoms with Gasteiger partial charge in [0.25, 0.3) is 0 Å². The molecule has 0 aliphatic carbocycles. The van der Waals surface area contributed by atoms with Gasteiger partial charge in [0.05, 0.1) is 18.1 Å². The molecule has 26 heavy (non-hydrogen) atoms. The highest BCUT2D eigenvalue weighted by atomic mass is 19.2. The smallest absolute Gasteiger partial charge is 0.221 e. The van der Waals surface area contributed by atoms with Crippen LogP contribution in [0.4, 0.5) is 19.1 Å². The number of aromatic nitrogens is 2.